The van der Waals surface area contributed by atoms with Gasteiger partial charge in [0.25, 0.3) is 11.9 Å². The van der Waals surface area contributed by atoms with Gasteiger partial charge in [-0.1, -0.05) is 0 Å². The van der Waals surface area contributed by atoms with Gasteiger partial charge in [-0.2, -0.15) is 0 Å². The summed E-state index contributed by atoms with van der Waals surface area (Å²) >= 11 is 0. The van der Waals surface area contributed by atoms with E-state index in [-0.39, 0.29) is 24.1 Å². The van der Waals surface area contributed by atoms with E-state index in [0.29, 0.717) is 25.4 Å². The number of nitrogens with two attached hydrogens (primary N) is 1. The fraction of sp³-hybridized carbons (Fsp3) is 0.444. The lowest BCUT2D eigenvalue weighted by atomic mass is 10.0. The molecule has 0 saturated carbocycles. The van der Waals surface area contributed by atoms with Crippen LogP contribution in [0.3, 0.4) is 0 Å². The highest BCUT2D eigenvalue weighted by Gasteiger charge is 2.26. The number of piperidine rings is 1. The molecule has 0 bridgehead atoms. The molecule has 1 saturated heterocycles. The van der Waals surface area contributed by atoms with Crippen LogP contribution in [0.25, 0.3) is 0 Å². The highest BCUT2D eigenvalue weighted by atomic mass is 19.1. The van der Waals surface area contributed by atoms with Crippen molar-refractivity contribution in [2.75, 3.05) is 26.2 Å². The van der Waals surface area contributed by atoms with Gasteiger partial charge in [0.2, 0.25) is 0 Å². The Hall–Kier alpha value is -3.01. The maximum Gasteiger partial charge on any atom is 0.300 e. The standard InChI is InChI=1S/C16H20FN5O2.C2H4O2/c17-12-1-2-15(24-8-5-18)14(9-12)16(23)21-6-3-13(4-7-21)22-10-19-20-11-22;1-2(3)4/h1-2,9-11,13H,3-8,18H2;1H3,(H,3,4). The Balaban J connectivity index is 0.000000640. The van der Waals surface area contributed by atoms with E-state index in [0.717, 1.165) is 19.8 Å². The number of carboxylic acid groups (broad SMARTS) is 1. The van der Waals surface area contributed by atoms with Crippen molar-refractivity contribution in [1.82, 2.24) is 19.7 Å². The van der Waals surface area contributed by atoms with Crippen LogP contribution >= 0.6 is 0 Å². The van der Waals surface area contributed by atoms with Crippen molar-refractivity contribution in [1.29, 1.82) is 0 Å². The summed E-state index contributed by atoms with van der Waals surface area (Å²) in [6, 6.07) is 4.26. The van der Waals surface area contributed by atoms with E-state index in [9.17, 15) is 9.18 Å². The molecule has 1 aliphatic heterocycles. The summed E-state index contributed by atoms with van der Waals surface area (Å²) in [5.41, 5.74) is 5.67. The van der Waals surface area contributed by atoms with Crippen molar-refractivity contribution < 1.29 is 23.8 Å². The molecule has 1 aliphatic rings. The zero-order chi connectivity index (χ0) is 20.5. The Labute approximate surface area is 161 Å². The number of ether oxygens (including phenoxy) is 1. The third-order valence-electron chi connectivity index (χ3n) is 4.16. The maximum atomic E-state index is 13.6. The second kappa shape index (κ2) is 10.4. The number of aromatic nitrogens is 3. The first-order valence-electron chi connectivity index (χ1n) is 8.87. The van der Waals surface area contributed by atoms with E-state index < -0.39 is 11.8 Å². The van der Waals surface area contributed by atoms with Crippen LogP contribution in [-0.4, -0.2) is 62.9 Å². The van der Waals surface area contributed by atoms with Gasteiger partial charge in [-0.3, -0.25) is 9.59 Å². The van der Waals surface area contributed by atoms with Gasteiger partial charge < -0.3 is 25.0 Å². The van der Waals surface area contributed by atoms with Crippen molar-refractivity contribution >= 4 is 11.9 Å². The first kappa shape index (κ1) is 21.3. The van der Waals surface area contributed by atoms with Crippen LogP contribution in [0.15, 0.2) is 30.9 Å². The van der Waals surface area contributed by atoms with Crippen LogP contribution in [0.5, 0.6) is 5.75 Å². The molecule has 2 aromatic rings. The minimum absolute atomic E-state index is 0.219. The number of carboxylic acids is 1. The topological polar surface area (TPSA) is 124 Å². The lowest BCUT2D eigenvalue weighted by Gasteiger charge is -2.32. The van der Waals surface area contributed by atoms with Crippen molar-refractivity contribution in [3.63, 3.8) is 0 Å². The molecule has 3 rings (SSSR count). The average Bonchev–Trinajstić information content (AvgIpc) is 3.21. The van der Waals surface area contributed by atoms with Gasteiger partial charge in [0.15, 0.2) is 0 Å². The fourth-order valence-electron chi connectivity index (χ4n) is 2.90. The van der Waals surface area contributed by atoms with Gasteiger partial charge in [0.1, 0.15) is 30.8 Å². The van der Waals surface area contributed by atoms with Gasteiger partial charge in [-0.05, 0) is 31.0 Å². The smallest absolute Gasteiger partial charge is 0.300 e. The molecule has 2 heterocycles. The average molecular weight is 393 g/mol. The third kappa shape index (κ3) is 6.02. The van der Waals surface area contributed by atoms with E-state index in [1.165, 1.54) is 18.2 Å². The molecule has 1 fully saturated rings. The third-order valence-corrected chi connectivity index (χ3v) is 4.16. The van der Waals surface area contributed by atoms with Crippen molar-refractivity contribution in [2.45, 2.75) is 25.8 Å². The molecule has 152 valence electrons. The van der Waals surface area contributed by atoms with Gasteiger partial charge >= 0.3 is 0 Å². The SMILES string of the molecule is CC(=O)O.NCCOc1ccc(F)cc1C(=O)N1CCC(n2cnnc2)CC1. The quantitative estimate of drug-likeness (QED) is 0.785. The molecule has 0 radical (unpaired) electrons. The Bertz CT molecular complexity index is 772. The number of benzene rings is 1. The molecule has 10 heteroatoms. The number of aliphatic carboxylic acids is 1. The monoisotopic (exact) mass is 393 g/mol. The van der Waals surface area contributed by atoms with Crippen LogP contribution in [0.2, 0.25) is 0 Å². The summed E-state index contributed by atoms with van der Waals surface area (Å²) in [5, 5.41) is 15.0. The van der Waals surface area contributed by atoms with Gasteiger partial charge in [-0.25, -0.2) is 4.39 Å². The highest BCUT2D eigenvalue weighted by Crippen LogP contribution is 2.26. The molecule has 1 amide bonds. The number of likely N-dealkylation sites (tertiary alicyclic amines) is 1. The molecular weight excluding hydrogens is 369 g/mol. The predicted molar refractivity (Wildman–Crippen MR) is 98.5 cm³/mol. The summed E-state index contributed by atoms with van der Waals surface area (Å²) in [4.78, 5) is 23.5. The fourth-order valence-corrected chi connectivity index (χ4v) is 2.90. The van der Waals surface area contributed by atoms with Crippen LogP contribution in [0.4, 0.5) is 4.39 Å². The van der Waals surface area contributed by atoms with Crippen LogP contribution in [-0.2, 0) is 4.79 Å². The van der Waals surface area contributed by atoms with E-state index in [2.05, 4.69) is 10.2 Å². The van der Waals surface area contributed by atoms with E-state index in [1.54, 1.807) is 17.6 Å². The summed E-state index contributed by atoms with van der Waals surface area (Å²) in [6.07, 6.45) is 4.98. The number of hydrogen-bond donors (Lipinski definition) is 2. The Morgan fingerprint density at radius 2 is 1.89 bits per heavy atom. The molecule has 0 spiro atoms. The number of hydrogen-bond acceptors (Lipinski definition) is 6. The molecule has 3 N–H and O–H groups in total. The highest BCUT2D eigenvalue weighted by molar-refractivity contribution is 5.97. The molecule has 0 unspecified atom stereocenters. The number of rotatable bonds is 5. The summed E-state index contributed by atoms with van der Waals surface area (Å²) in [6.45, 7) is 2.88. The van der Waals surface area contributed by atoms with Crippen LogP contribution in [0.1, 0.15) is 36.2 Å². The van der Waals surface area contributed by atoms with Crippen molar-refractivity contribution in [3.8, 4) is 5.75 Å². The number of amides is 1. The number of nitrogens with zero attached hydrogens (tertiary/aromatic N) is 4. The van der Waals surface area contributed by atoms with Gasteiger partial charge in [-0.15, -0.1) is 10.2 Å². The maximum absolute atomic E-state index is 13.6. The Morgan fingerprint density at radius 3 is 2.46 bits per heavy atom. The van der Waals surface area contributed by atoms with Crippen LogP contribution in [0, 0.1) is 5.82 Å². The zero-order valence-electron chi connectivity index (χ0n) is 15.6. The summed E-state index contributed by atoms with van der Waals surface area (Å²) in [7, 11) is 0. The van der Waals surface area contributed by atoms with Gasteiger partial charge in [0.05, 0.1) is 5.56 Å². The van der Waals surface area contributed by atoms with Crippen molar-refractivity contribution in [3.05, 3.63) is 42.2 Å². The first-order chi connectivity index (χ1) is 13.4. The van der Waals surface area contributed by atoms with E-state index >= 15 is 0 Å². The normalized spacial score (nSPS) is 14.2. The summed E-state index contributed by atoms with van der Waals surface area (Å²) in [5.74, 6) is -1.14. The second-order valence-corrected chi connectivity index (χ2v) is 6.23. The minimum atomic E-state index is -0.833. The Morgan fingerprint density at radius 1 is 1.29 bits per heavy atom. The van der Waals surface area contributed by atoms with E-state index in [4.69, 9.17) is 20.4 Å². The first-order valence-corrected chi connectivity index (χ1v) is 8.87. The molecule has 0 aliphatic carbocycles. The van der Waals surface area contributed by atoms with Crippen LogP contribution < -0.4 is 10.5 Å². The van der Waals surface area contributed by atoms with Crippen molar-refractivity contribution in [2.24, 2.45) is 5.73 Å². The molecule has 1 aromatic heterocycles. The lowest BCUT2D eigenvalue weighted by molar-refractivity contribution is -0.134. The molecule has 9 nitrogen and oxygen atoms in total. The number of carbonyl (C=O) groups is 2. The predicted octanol–water partition coefficient (Wildman–Crippen LogP) is 1.32. The minimum Gasteiger partial charge on any atom is -0.491 e. The zero-order valence-corrected chi connectivity index (χ0v) is 15.6. The second-order valence-electron chi connectivity index (χ2n) is 6.23. The largest absolute Gasteiger partial charge is 0.491 e. The number of carbonyl (C=O) groups excluding carboxylic acids is 1. The number of halogens is 1. The molecule has 1 aromatic carbocycles. The van der Waals surface area contributed by atoms with E-state index in [1.807, 2.05) is 4.57 Å². The van der Waals surface area contributed by atoms with Gasteiger partial charge in [0, 0.05) is 32.6 Å². The molecular formula is C18H24FN5O4. The Kier molecular flexibility index (Phi) is 7.88. The lowest BCUT2D eigenvalue weighted by Crippen LogP contribution is -2.39. The molecule has 0 atom stereocenters. The molecule has 28 heavy (non-hydrogen) atoms. The summed E-state index contributed by atoms with van der Waals surface area (Å²) < 4.78 is 21.0.